The quantitative estimate of drug-likeness (QED) is 0.741. The molecule has 0 aromatic heterocycles. The summed E-state index contributed by atoms with van der Waals surface area (Å²) in [7, 11) is 0. The Labute approximate surface area is 114 Å². The summed E-state index contributed by atoms with van der Waals surface area (Å²) in [6.45, 7) is 7.31. The number of nitrogens with one attached hydrogen (secondary N) is 2. The van der Waals surface area contributed by atoms with Gasteiger partial charge in [-0.25, -0.2) is 4.79 Å². The molecule has 2 N–H and O–H groups in total. The number of hydrogen-bond acceptors (Lipinski definition) is 3. The molecule has 0 aromatic rings. The van der Waals surface area contributed by atoms with E-state index in [9.17, 15) is 9.59 Å². The molecule has 0 saturated carbocycles. The highest BCUT2D eigenvalue weighted by Crippen LogP contribution is 2.15. The van der Waals surface area contributed by atoms with Crippen LogP contribution in [0, 0.1) is 0 Å². The first-order chi connectivity index (χ1) is 9.08. The molecule has 19 heavy (non-hydrogen) atoms. The number of urea groups is 1. The second kappa shape index (κ2) is 6.23. The van der Waals surface area contributed by atoms with Crippen LogP contribution in [-0.4, -0.2) is 66.5 Å². The normalized spacial score (nSPS) is 21.9. The van der Waals surface area contributed by atoms with E-state index in [2.05, 4.69) is 10.6 Å². The van der Waals surface area contributed by atoms with Gasteiger partial charge in [-0.1, -0.05) is 0 Å². The Morgan fingerprint density at radius 1 is 1.32 bits per heavy atom. The number of hydrogen-bond donors (Lipinski definition) is 2. The summed E-state index contributed by atoms with van der Waals surface area (Å²) >= 11 is 0. The molecule has 0 bridgehead atoms. The van der Waals surface area contributed by atoms with Crippen molar-refractivity contribution in [1.29, 1.82) is 0 Å². The van der Waals surface area contributed by atoms with Crippen LogP contribution in [0.25, 0.3) is 0 Å². The molecule has 0 unspecified atom stereocenters. The van der Waals surface area contributed by atoms with E-state index in [0.717, 1.165) is 25.9 Å². The number of piperazine rings is 1. The second-order valence-corrected chi connectivity index (χ2v) is 5.59. The molecule has 0 radical (unpaired) electrons. The lowest BCUT2D eigenvalue weighted by atomic mass is 10.0. The smallest absolute Gasteiger partial charge is 0.318 e. The number of nitrogens with zero attached hydrogens (tertiary/aromatic N) is 2. The van der Waals surface area contributed by atoms with Gasteiger partial charge in [0.2, 0.25) is 5.91 Å². The van der Waals surface area contributed by atoms with Crippen LogP contribution < -0.4 is 10.6 Å². The molecule has 2 aliphatic heterocycles. The maximum absolute atomic E-state index is 12.2. The minimum Gasteiger partial charge on any atom is -0.336 e. The fraction of sp³-hybridized carbons (Fsp3) is 0.846. The lowest BCUT2D eigenvalue weighted by Crippen LogP contribution is -2.58. The fourth-order valence-corrected chi connectivity index (χ4v) is 2.70. The zero-order chi connectivity index (χ0) is 13.8. The van der Waals surface area contributed by atoms with Crippen molar-refractivity contribution in [2.45, 2.75) is 38.8 Å². The number of carbonyl (C=O) groups excluding carboxylic acids is 2. The maximum Gasteiger partial charge on any atom is 0.318 e. The van der Waals surface area contributed by atoms with Crippen molar-refractivity contribution in [3.63, 3.8) is 0 Å². The Hall–Kier alpha value is -1.30. The molecule has 0 spiro atoms. The molecule has 108 valence electrons. The summed E-state index contributed by atoms with van der Waals surface area (Å²) in [5.41, 5.74) is 0. The molecule has 2 rings (SSSR count). The van der Waals surface area contributed by atoms with Crippen molar-refractivity contribution >= 4 is 11.9 Å². The number of carbonyl (C=O) groups is 2. The van der Waals surface area contributed by atoms with Gasteiger partial charge < -0.3 is 20.4 Å². The van der Waals surface area contributed by atoms with Crippen LogP contribution in [0.5, 0.6) is 0 Å². The van der Waals surface area contributed by atoms with E-state index in [4.69, 9.17) is 0 Å². The van der Waals surface area contributed by atoms with Gasteiger partial charge in [0.25, 0.3) is 0 Å². The van der Waals surface area contributed by atoms with Gasteiger partial charge in [-0.2, -0.15) is 0 Å². The molecule has 2 saturated heterocycles. The Balaban J connectivity index is 1.87. The molecule has 2 heterocycles. The number of piperidine rings is 1. The van der Waals surface area contributed by atoms with E-state index in [1.54, 1.807) is 4.90 Å². The number of rotatable bonds is 2. The molecule has 3 amide bonds. The van der Waals surface area contributed by atoms with Gasteiger partial charge in [-0.15, -0.1) is 0 Å². The Kier molecular flexibility index (Phi) is 4.63. The van der Waals surface area contributed by atoms with Crippen LogP contribution >= 0.6 is 0 Å². The third-order valence-electron chi connectivity index (χ3n) is 3.71. The molecule has 2 fully saturated rings. The fourth-order valence-electron chi connectivity index (χ4n) is 2.70. The average molecular weight is 268 g/mol. The van der Waals surface area contributed by atoms with Crippen LogP contribution in [0.2, 0.25) is 0 Å². The van der Waals surface area contributed by atoms with E-state index < -0.39 is 0 Å². The topological polar surface area (TPSA) is 64.7 Å². The van der Waals surface area contributed by atoms with Crippen molar-refractivity contribution in [2.24, 2.45) is 0 Å². The van der Waals surface area contributed by atoms with Crippen molar-refractivity contribution in [1.82, 2.24) is 20.4 Å². The zero-order valence-corrected chi connectivity index (χ0v) is 11.8. The van der Waals surface area contributed by atoms with Gasteiger partial charge in [0.1, 0.15) is 6.54 Å². The van der Waals surface area contributed by atoms with Gasteiger partial charge in [0, 0.05) is 25.2 Å². The molecular weight excluding hydrogens is 244 g/mol. The van der Waals surface area contributed by atoms with E-state index in [1.165, 1.54) is 0 Å². The van der Waals surface area contributed by atoms with E-state index in [-0.39, 0.29) is 24.5 Å². The van der Waals surface area contributed by atoms with Gasteiger partial charge in [0.15, 0.2) is 0 Å². The maximum atomic E-state index is 12.2. The lowest BCUT2D eigenvalue weighted by Gasteiger charge is -2.40. The first-order valence-electron chi connectivity index (χ1n) is 7.13. The zero-order valence-electron chi connectivity index (χ0n) is 11.8. The van der Waals surface area contributed by atoms with Crippen molar-refractivity contribution in [2.75, 3.05) is 32.7 Å². The van der Waals surface area contributed by atoms with Gasteiger partial charge in [-0.05, 0) is 39.8 Å². The molecule has 0 atom stereocenters. The third-order valence-corrected chi connectivity index (χ3v) is 3.71. The molecule has 0 aliphatic carbocycles. The highest BCUT2D eigenvalue weighted by atomic mass is 16.2. The summed E-state index contributed by atoms with van der Waals surface area (Å²) in [5, 5.41) is 6.14. The first-order valence-corrected chi connectivity index (χ1v) is 7.13. The average Bonchev–Trinajstić information content (AvgIpc) is 2.38. The van der Waals surface area contributed by atoms with Gasteiger partial charge in [-0.3, -0.25) is 4.79 Å². The van der Waals surface area contributed by atoms with Crippen molar-refractivity contribution in [3.8, 4) is 0 Å². The van der Waals surface area contributed by atoms with Crippen LogP contribution in [0.4, 0.5) is 4.79 Å². The van der Waals surface area contributed by atoms with Crippen molar-refractivity contribution in [3.05, 3.63) is 0 Å². The number of amides is 3. The minimum atomic E-state index is -0.131. The summed E-state index contributed by atoms with van der Waals surface area (Å²) in [5.74, 6) is 0.0806. The second-order valence-electron chi connectivity index (χ2n) is 5.59. The van der Waals surface area contributed by atoms with Gasteiger partial charge in [0.05, 0.1) is 0 Å². The molecule has 6 heteroatoms. The summed E-state index contributed by atoms with van der Waals surface area (Å²) < 4.78 is 0. The summed E-state index contributed by atoms with van der Waals surface area (Å²) in [6.07, 6.45) is 2.04. The first kappa shape index (κ1) is 14.1. The van der Waals surface area contributed by atoms with E-state index >= 15 is 0 Å². The monoisotopic (exact) mass is 268 g/mol. The third kappa shape index (κ3) is 3.59. The highest BCUT2D eigenvalue weighted by molar-refractivity contribution is 5.85. The van der Waals surface area contributed by atoms with E-state index in [0.29, 0.717) is 19.1 Å². The van der Waals surface area contributed by atoms with Crippen molar-refractivity contribution < 1.29 is 9.59 Å². The van der Waals surface area contributed by atoms with E-state index in [1.807, 2.05) is 18.7 Å². The van der Waals surface area contributed by atoms with Crippen LogP contribution in [-0.2, 0) is 4.79 Å². The Morgan fingerprint density at radius 3 is 2.58 bits per heavy atom. The molecule has 6 nitrogen and oxygen atoms in total. The largest absolute Gasteiger partial charge is 0.336 e. The minimum absolute atomic E-state index is 0.0806. The predicted octanol–water partition coefficient (Wildman–Crippen LogP) is 0.000600. The SMILES string of the molecule is CC(C)NC(=O)N1CCN(C2CCNCC2)C(=O)C1. The summed E-state index contributed by atoms with van der Waals surface area (Å²) in [4.78, 5) is 27.6. The van der Waals surface area contributed by atoms with Crippen LogP contribution in [0.15, 0.2) is 0 Å². The molecule has 0 aromatic carbocycles. The van der Waals surface area contributed by atoms with Crippen LogP contribution in [0.1, 0.15) is 26.7 Å². The molecular formula is C13H24N4O2. The highest BCUT2D eigenvalue weighted by Gasteiger charge is 2.32. The predicted molar refractivity (Wildman–Crippen MR) is 72.8 cm³/mol. The van der Waals surface area contributed by atoms with Crippen LogP contribution in [0.3, 0.4) is 0 Å². The Bertz CT molecular complexity index is 340. The summed E-state index contributed by atoms with van der Waals surface area (Å²) in [6, 6.07) is 0.322. The Morgan fingerprint density at radius 2 is 2.00 bits per heavy atom. The van der Waals surface area contributed by atoms with Gasteiger partial charge >= 0.3 is 6.03 Å². The lowest BCUT2D eigenvalue weighted by molar-refractivity contribution is -0.138. The standard InChI is InChI=1S/C13H24N4O2/c1-10(2)15-13(19)16-7-8-17(12(18)9-16)11-3-5-14-6-4-11/h10-11,14H,3-9H2,1-2H3,(H,15,19). The molecule has 2 aliphatic rings.